The summed E-state index contributed by atoms with van der Waals surface area (Å²) in [6.07, 6.45) is -1.08. The topological polar surface area (TPSA) is 143 Å². The van der Waals surface area contributed by atoms with Gasteiger partial charge in [0.05, 0.1) is 6.61 Å². The van der Waals surface area contributed by atoms with E-state index in [9.17, 15) is 29.2 Å². The SMILES string of the molecule is CCOP1(=O)CCN(Cc2cc(C)c(O)c(C)c2)CC1(CCCCN(C(=O)OC(C)(C)C)C(=O)OC(C)(C)C)C(=O)O. The average molecular weight is 613 g/mol. The van der Waals surface area contributed by atoms with Gasteiger partial charge in [0.25, 0.3) is 0 Å². The number of carboxylic acids is 1. The summed E-state index contributed by atoms with van der Waals surface area (Å²) in [5.41, 5.74) is 0.696. The molecule has 0 aliphatic carbocycles. The molecule has 1 aliphatic heterocycles. The number of ether oxygens (including phenoxy) is 2. The number of hydrogen-bond donors (Lipinski definition) is 2. The van der Waals surface area contributed by atoms with E-state index in [0.29, 0.717) is 13.1 Å². The molecular formula is C30H49N2O9P. The summed E-state index contributed by atoms with van der Waals surface area (Å²) in [4.78, 5) is 41.4. The molecule has 1 aromatic rings. The molecule has 1 heterocycles. The predicted molar refractivity (Wildman–Crippen MR) is 160 cm³/mol. The first-order valence-corrected chi connectivity index (χ1v) is 16.3. The number of carbonyl (C=O) groups is 3. The summed E-state index contributed by atoms with van der Waals surface area (Å²) in [7, 11) is -3.62. The van der Waals surface area contributed by atoms with Crippen LogP contribution < -0.4 is 0 Å². The molecule has 1 fully saturated rings. The standard InChI is InChI=1S/C30H49N2O9P/c1-10-39-42(38)16-15-31(19-23-17-21(2)24(33)22(3)18-23)20-30(42,25(34)35)13-11-12-14-32(26(36)40-28(4,5)6)27(37)41-29(7,8)9/h17-18,33H,10-16,19-20H2,1-9H3,(H,34,35). The van der Waals surface area contributed by atoms with Gasteiger partial charge in [-0.3, -0.25) is 14.3 Å². The Hall–Kier alpha value is -2.62. The Labute approximate surface area is 249 Å². The first kappa shape index (κ1) is 35.6. The van der Waals surface area contributed by atoms with Crippen molar-refractivity contribution in [1.82, 2.24) is 9.80 Å². The maximum Gasteiger partial charge on any atom is 0.419 e. The van der Waals surface area contributed by atoms with Crippen molar-refractivity contribution in [3.63, 3.8) is 0 Å². The Bertz CT molecular complexity index is 1140. The zero-order valence-electron chi connectivity index (χ0n) is 26.6. The van der Waals surface area contributed by atoms with E-state index in [-0.39, 0.29) is 50.9 Å². The molecule has 1 aromatic carbocycles. The van der Waals surface area contributed by atoms with Crippen molar-refractivity contribution in [1.29, 1.82) is 0 Å². The summed E-state index contributed by atoms with van der Waals surface area (Å²) >= 11 is 0. The van der Waals surface area contributed by atoms with Gasteiger partial charge in [-0.2, -0.15) is 0 Å². The lowest BCUT2D eigenvalue weighted by molar-refractivity contribution is -0.141. The van der Waals surface area contributed by atoms with Crippen LogP contribution in [0.1, 0.15) is 84.4 Å². The lowest BCUT2D eigenvalue weighted by Crippen LogP contribution is -2.54. The number of rotatable bonds is 10. The summed E-state index contributed by atoms with van der Waals surface area (Å²) in [5.74, 6) is -0.969. The molecule has 0 saturated carbocycles. The fourth-order valence-corrected chi connectivity index (χ4v) is 8.09. The Balaban J connectivity index is 2.27. The van der Waals surface area contributed by atoms with Crippen LogP contribution in [0.4, 0.5) is 9.59 Å². The molecule has 2 N–H and O–H groups in total. The molecule has 2 atom stereocenters. The van der Waals surface area contributed by atoms with Crippen LogP contribution in [0, 0.1) is 13.8 Å². The van der Waals surface area contributed by atoms with Crippen LogP contribution in [0.3, 0.4) is 0 Å². The van der Waals surface area contributed by atoms with E-state index >= 15 is 0 Å². The number of phenols is 1. The average Bonchev–Trinajstić information content (AvgIpc) is 2.82. The van der Waals surface area contributed by atoms with Crippen molar-refractivity contribution >= 4 is 25.5 Å². The van der Waals surface area contributed by atoms with Crippen LogP contribution in [0.2, 0.25) is 0 Å². The Morgan fingerprint density at radius 2 is 1.52 bits per heavy atom. The molecule has 2 amide bonds. The third-order valence-corrected chi connectivity index (χ3v) is 10.3. The summed E-state index contributed by atoms with van der Waals surface area (Å²) in [5, 5.41) is 19.0. The van der Waals surface area contributed by atoms with E-state index in [1.54, 1.807) is 48.5 Å². The molecule has 0 aromatic heterocycles. The van der Waals surface area contributed by atoms with E-state index in [2.05, 4.69) is 0 Å². The molecule has 0 radical (unpaired) electrons. The highest BCUT2D eigenvalue weighted by Gasteiger charge is 2.58. The van der Waals surface area contributed by atoms with Crippen molar-refractivity contribution in [2.45, 2.75) is 104 Å². The van der Waals surface area contributed by atoms with E-state index in [4.69, 9.17) is 14.0 Å². The smallest absolute Gasteiger partial charge is 0.419 e. The van der Waals surface area contributed by atoms with Crippen molar-refractivity contribution in [3.8, 4) is 5.75 Å². The van der Waals surface area contributed by atoms with Gasteiger partial charge >= 0.3 is 18.2 Å². The molecular weight excluding hydrogens is 563 g/mol. The summed E-state index contributed by atoms with van der Waals surface area (Å²) in [6, 6.07) is 3.73. The molecule has 1 aliphatic rings. The van der Waals surface area contributed by atoms with Crippen LogP contribution >= 0.6 is 7.37 Å². The number of carboxylic acid groups (broad SMARTS) is 1. The number of amides is 2. The molecule has 238 valence electrons. The predicted octanol–water partition coefficient (Wildman–Crippen LogP) is 6.31. The van der Waals surface area contributed by atoms with Crippen LogP contribution in [0.25, 0.3) is 0 Å². The minimum absolute atomic E-state index is 0.0143. The van der Waals surface area contributed by atoms with Gasteiger partial charge in [0, 0.05) is 32.3 Å². The van der Waals surface area contributed by atoms with Crippen LogP contribution in [-0.2, 0) is 29.9 Å². The van der Waals surface area contributed by atoms with Crippen molar-refractivity contribution < 1.29 is 43.2 Å². The third kappa shape index (κ3) is 9.19. The van der Waals surface area contributed by atoms with Crippen LogP contribution in [0.5, 0.6) is 5.75 Å². The fraction of sp³-hybridized carbons (Fsp3) is 0.700. The van der Waals surface area contributed by atoms with Gasteiger partial charge in [-0.15, -0.1) is 0 Å². The monoisotopic (exact) mass is 612 g/mol. The number of nitrogens with zero attached hydrogens (tertiary/aromatic N) is 2. The number of phenolic OH excluding ortho intramolecular Hbond substituents is 1. The van der Waals surface area contributed by atoms with Crippen molar-refractivity contribution in [2.75, 3.05) is 32.4 Å². The minimum atomic E-state index is -3.62. The Morgan fingerprint density at radius 1 is 1.00 bits per heavy atom. The lowest BCUT2D eigenvalue weighted by Gasteiger charge is -2.45. The summed E-state index contributed by atoms with van der Waals surface area (Å²) < 4.78 is 30.6. The van der Waals surface area contributed by atoms with Gasteiger partial charge in [0.1, 0.15) is 17.0 Å². The molecule has 0 bridgehead atoms. The highest BCUT2D eigenvalue weighted by atomic mass is 31.2. The molecule has 2 rings (SSSR count). The normalized spacial score (nSPS) is 21.5. The van der Waals surface area contributed by atoms with Crippen molar-refractivity contribution in [2.24, 2.45) is 0 Å². The van der Waals surface area contributed by atoms with Crippen LogP contribution in [-0.4, -0.2) is 86.9 Å². The van der Waals surface area contributed by atoms with E-state index in [0.717, 1.165) is 21.6 Å². The lowest BCUT2D eigenvalue weighted by atomic mass is 9.98. The van der Waals surface area contributed by atoms with E-state index < -0.39 is 41.9 Å². The molecule has 42 heavy (non-hydrogen) atoms. The van der Waals surface area contributed by atoms with Gasteiger partial charge in [-0.05, 0) is 98.3 Å². The van der Waals surface area contributed by atoms with E-state index in [1.165, 1.54) is 0 Å². The van der Waals surface area contributed by atoms with Gasteiger partial charge in [-0.25, -0.2) is 14.5 Å². The quantitative estimate of drug-likeness (QED) is 0.228. The number of imide groups is 1. The number of benzene rings is 1. The second-order valence-corrected chi connectivity index (χ2v) is 15.9. The highest BCUT2D eigenvalue weighted by molar-refractivity contribution is 7.62. The number of aromatic hydroxyl groups is 1. The fourth-order valence-electron chi connectivity index (χ4n) is 5.12. The number of aryl methyl sites for hydroxylation is 2. The van der Waals surface area contributed by atoms with Gasteiger partial charge in [0.15, 0.2) is 5.16 Å². The van der Waals surface area contributed by atoms with Gasteiger partial charge in [-0.1, -0.05) is 12.1 Å². The number of carbonyl (C=O) groups excluding carboxylic acids is 2. The van der Waals surface area contributed by atoms with E-state index in [1.807, 2.05) is 30.9 Å². The second kappa shape index (κ2) is 13.8. The number of unbranched alkanes of at least 4 members (excludes halogenated alkanes) is 1. The Kier molecular flexibility index (Phi) is 11.7. The van der Waals surface area contributed by atoms with Crippen LogP contribution in [0.15, 0.2) is 12.1 Å². The first-order chi connectivity index (χ1) is 19.2. The molecule has 0 spiro atoms. The molecule has 11 nitrogen and oxygen atoms in total. The molecule has 1 saturated heterocycles. The second-order valence-electron chi connectivity index (χ2n) is 13.0. The highest BCUT2D eigenvalue weighted by Crippen LogP contribution is 2.63. The first-order valence-electron chi connectivity index (χ1n) is 14.5. The van der Waals surface area contributed by atoms with Gasteiger partial charge in [0.2, 0.25) is 7.37 Å². The maximum atomic E-state index is 14.1. The maximum absolute atomic E-state index is 14.1. The largest absolute Gasteiger partial charge is 0.507 e. The zero-order valence-corrected chi connectivity index (χ0v) is 27.5. The van der Waals surface area contributed by atoms with Crippen molar-refractivity contribution in [3.05, 3.63) is 28.8 Å². The van der Waals surface area contributed by atoms with Gasteiger partial charge < -0.3 is 24.2 Å². The Morgan fingerprint density at radius 3 is 1.98 bits per heavy atom. The summed E-state index contributed by atoms with van der Waals surface area (Å²) in [6.45, 7) is 16.4. The minimum Gasteiger partial charge on any atom is -0.507 e. The number of aliphatic carboxylic acids is 1. The molecule has 2 unspecified atom stereocenters. The zero-order chi connectivity index (χ0) is 32.1. The number of hydrogen-bond acceptors (Lipinski definition) is 9. The molecule has 12 heteroatoms. The third-order valence-electron chi connectivity index (χ3n) is 6.99.